The Balaban J connectivity index is 2.01. The van der Waals surface area contributed by atoms with Crippen LogP contribution in [0.15, 0.2) is 30.4 Å². The summed E-state index contributed by atoms with van der Waals surface area (Å²) in [6, 6.07) is 0.958. The van der Waals surface area contributed by atoms with E-state index in [1.54, 1.807) is 19.1 Å². The normalized spacial score (nSPS) is 26.4. The average Bonchev–Trinajstić information content (AvgIpc) is 3.25. The highest BCUT2D eigenvalue weighted by molar-refractivity contribution is 6.33. The van der Waals surface area contributed by atoms with E-state index in [-0.39, 0.29) is 40.6 Å². The van der Waals surface area contributed by atoms with Crippen LogP contribution in [0.4, 0.5) is 0 Å². The van der Waals surface area contributed by atoms with E-state index in [1.165, 1.54) is 6.08 Å². The van der Waals surface area contributed by atoms with E-state index in [2.05, 4.69) is 0 Å². The molecule has 3 atom stereocenters. The molecule has 2 N–H and O–H groups in total. The Morgan fingerprint density at radius 3 is 2.72 bits per heavy atom. The number of carbonyl (C=O) groups is 2. The lowest BCUT2D eigenvalue weighted by Gasteiger charge is -2.16. The summed E-state index contributed by atoms with van der Waals surface area (Å²) in [6.45, 7) is 1.72. The molecule has 2 aliphatic heterocycles. The summed E-state index contributed by atoms with van der Waals surface area (Å²) in [4.78, 5) is 24.6. The number of phenols is 2. The van der Waals surface area contributed by atoms with Gasteiger partial charge in [0, 0.05) is 24.5 Å². The molecule has 1 fully saturated rings. The first-order valence-electron chi connectivity index (χ1n) is 7.84. The van der Waals surface area contributed by atoms with Crippen LogP contribution in [0.25, 0.3) is 0 Å². The van der Waals surface area contributed by atoms with Crippen molar-refractivity contribution in [1.82, 2.24) is 0 Å². The fourth-order valence-electron chi connectivity index (χ4n) is 2.78. The maximum absolute atomic E-state index is 12.5. The molecule has 1 aromatic carbocycles. The molecule has 0 saturated carbocycles. The number of hydrogen-bond donors (Lipinski definition) is 2. The zero-order valence-corrected chi connectivity index (χ0v) is 14.2. The van der Waals surface area contributed by atoms with Gasteiger partial charge in [0.15, 0.2) is 5.78 Å². The molecule has 6 nitrogen and oxygen atoms in total. The van der Waals surface area contributed by atoms with Crippen LogP contribution in [0.1, 0.15) is 29.3 Å². The Kier molecular flexibility index (Phi) is 4.83. The second-order valence-electron chi connectivity index (χ2n) is 6.06. The van der Waals surface area contributed by atoms with E-state index in [0.29, 0.717) is 6.42 Å². The Labute approximate surface area is 149 Å². The van der Waals surface area contributed by atoms with E-state index >= 15 is 0 Å². The number of phenolic OH excluding ortho intramolecular Hbond substituents is 2. The van der Waals surface area contributed by atoms with Crippen molar-refractivity contribution in [2.45, 2.75) is 38.1 Å². The predicted octanol–water partition coefficient (Wildman–Crippen LogP) is 2.69. The van der Waals surface area contributed by atoms with E-state index in [0.717, 1.165) is 6.07 Å². The van der Waals surface area contributed by atoms with E-state index in [9.17, 15) is 19.8 Å². The molecule has 7 heteroatoms. The fraction of sp³-hybridized carbons (Fsp3) is 0.333. The third-order valence-electron chi connectivity index (χ3n) is 4.06. The van der Waals surface area contributed by atoms with Crippen LogP contribution in [-0.2, 0) is 20.7 Å². The van der Waals surface area contributed by atoms with Crippen molar-refractivity contribution in [1.29, 1.82) is 0 Å². The number of aromatic hydroxyl groups is 2. The van der Waals surface area contributed by atoms with Gasteiger partial charge in [-0.15, -0.1) is 0 Å². The molecular weight excluding hydrogens is 348 g/mol. The van der Waals surface area contributed by atoms with Gasteiger partial charge in [-0.2, -0.15) is 0 Å². The van der Waals surface area contributed by atoms with Gasteiger partial charge in [0.25, 0.3) is 0 Å². The number of halogens is 1. The van der Waals surface area contributed by atoms with E-state index in [4.69, 9.17) is 21.1 Å². The second kappa shape index (κ2) is 6.90. The van der Waals surface area contributed by atoms with Crippen molar-refractivity contribution >= 4 is 23.4 Å². The third-order valence-corrected chi connectivity index (χ3v) is 4.49. The molecule has 0 unspecified atom stereocenters. The van der Waals surface area contributed by atoms with Gasteiger partial charge < -0.3 is 19.7 Å². The smallest absolute Gasteiger partial charge is 0.342 e. The minimum atomic E-state index is -0.802. The Bertz CT molecular complexity index is 782. The third kappa shape index (κ3) is 3.86. The van der Waals surface area contributed by atoms with Crippen LogP contribution in [0.2, 0.25) is 5.02 Å². The minimum absolute atomic E-state index is 0.0348. The summed E-state index contributed by atoms with van der Waals surface area (Å²) in [5, 5.41) is 19.7. The van der Waals surface area contributed by atoms with Crippen molar-refractivity contribution in [3.05, 3.63) is 46.5 Å². The van der Waals surface area contributed by atoms with E-state index < -0.39 is 23.6 Å². The molecular formula is C18H17ClO6. The number of allylic oxidation sites excluding steroid dienone is 3. The molecule has 2 heterocycles. The monoisotopic (exact) mass is 364 g/mol. The van der Waals surface area contributed by atoms with Crippen LogP contribution in [0.5, 0.6) is 11.5 Å². The number of carbonyl (C=O) groups excluding carboxylic acids is 2. The van der Waals surface area contributed by atoms with Gasteiger partial charge in [-0.25, -0.2) is 4.79 Å². The first-order valence-corrected chi connectivity index (χ1v) is 8.22. The zero-order valence-electron chi connectivity index (χ0n) is 13.4. The number of ketones is 1. The van der Waals surface area contributed by atoms with Gasteiger partial charge in [-0.05, 0) is 13.0 Å². The number of epoxide rings is 1. The van der Waals surface area contributed by atoms with Crippen molar-refractivity contribution in [2.75, 3.05) is 0 Å². The van der Waals surface area contributed by atoms with E-state index in [1.807, 2.05) is 6.08 Å². The molecule has 0 spiro atoms. The second-order valence-corrected chi connectivity index (χ2v) is 6.44. The quantitative estimate of drug-likeness (QED) is 0.542. The van der Waals surface area contributed by atoms with Crippen molar-refractivity contribution in [3.63, 3.8) is 0 Å². The largest absolute Gasteiger partial charge is 0.507 e. The summed E-state index contributed by atoms with van der Waals surface area (Å²) in [5.41, 5.74) is -0.176. The number of fused-ring (bicyclic) bond motifs is 2. The summed E-state index contributed by atoms with van der Waals surface area (Å²) >= 11 is 6.05. The average molecular weight is 365 g/mol. The molecule has 2 aliphatic rings. The SMILES string of the molecule is C[C@@H]1C[C@@H]2O[C@H]2C=CC=CC(=O)Cc2c(Cl)c(O)cc(O)c2C(=O)O1. The van der Waals surface area contributed by atoms with Crippen LogP contribution >= 0.6 is 11.6 Å². The predicted molar refractivity (Wildman–Crippen MR) is 89.9 cm³/mol. The Morgan fingerprint density at radius 1 is 1.20 bits per heavy atom. The minimum Gasteiger partial charge on any atom is -0.507 e. The zero-order chi connectivity index (χ0) is 18.1. The molecule has 3 rings (SSSR count). The number of rotatable bonds is 0. The molecule has 1 aromatic rings. The summed E-state index contributed by atoms with van der Waals surface area (Å²) in [5.74, 6) is -2.04. The lowest BCUT2D eigenvalue weighted by Crippen LogP contribution is -2.19. The molecule has 0 amide bonds. The van der Waals surface area contributed by atoms with Crippen molar-refractivity contribution < 1.29 is 29.3 Å². The highest BCUT2D eigenvalue weighted by atomic mass is 35.5. The fourth-order valence-corrected chi connectivity index (χ4v) is 3.00. The molecule has 132 valence electrons. The summed E-state index contributed by atoms with van der Waals surface area (Å²) < 4.78 is 10.8. The van der Waals surface area contributed by atoms with Crippen LogP contribution in [0, 0.1) is 0 Å². The Morgan fingerprint density at radius 2 is 1.96 bits per heavy atom. The lowest BCUT2D eigenvalue weighted by atomic mass is 10.00. The number of hydrogen-bond acceptors (Lipinski definition) is 6. The number of esters is 1. The molecule has 0 aliphatic carbocycles. The van der Waals surface area contributed by atoms with Gasteiger partial charge in [0.1, 0.15) is 29.3 Å². The highest BCUT2D eigenvalue weighted by Gasteiger charge is 2.38. The molecule has 0 bridgehead atoms. The maximum Gasteiger partial charge on any atom is 0.342 e. The standard InChI is InChI=1S/C18H17ClO6/c1-9-6-15-14(25-15)5-3-2-4-10(20)7-11-16(18(23)24-9)12(21)8-13(22)17(11)19/h2-5,8-9,14-15,21-22H,6-7H2,1H3/t9-,14+,15+/m1/s1. The summed E-state index contributed by atoms with van der Waals surface area (Å²) in [6.07, 6.45) is 6.13. The van der Waals surface area contributed by atoms with Gasteiger partial charge in [-0.1, -0.05) is 29.8 Å². The summed E-state index contributed by atoms with van der Waals surface area (Å²) in [7, 11) is 0. The molecule has 0 aromatic heterocycles. The molecule has 1 saturated heterocycles. The lowest BCUT2D eigenvalue weighted by molar-refractivity contribution is -0.114. The van der Waals surface area contributed by atoms with Crippen LogP contribution in [0.3, 0.4) is 0 Å². The number of benzene rings is 1. The Hall–Kier alpha value is -2.31. The maximum atomic E-state index is 12.5. The van der Waals surface area contributed by atoms with Gasteiger partial charge >= 0.3 is 5.97 Å². The van der Waals surface area contributed by atoms with Gasteiger partial charge in [0.05, 0.1) is 11.1 Å². The van der Waals surface area contributed by atoms with Gasteiger partial charge in [0.2, 0.25) is 0 Å². The first-order chi connectivity index (χ1) is 11.9. The first kappa shape index (κ1) is 17.5. The van der Waals surface area contributed by atoms with Crippen molar-refractivity contribution in [3.8, 4) is 11.5 Å². The highest BCUT2D eigenvalue weighted by Crippen LogP contribution is 2.37. The van der Waals surface area contributed by atoms with Crippen LogP contribution in [-0.4, -0.2) is 40.3 Å². The number of cyclic esters (lactones) is 1. The molecule has 0 radical (unpaired) electrons. The van der Waals surface area contributed by atoms with Crippen LogP contribution < -0.4 is 0 Å². The molecule has 25 heavy (non-hydrogen) atoms. The van der Waals surface area contributed by atoms with Gasteiger partial charge in [-0.3, -0.25) is 4.79 Å². The number of ether oxygens (including phenoxy) is 2. The topological polar surface area (TPSA) is 96.4 Å². The van der Waals surface area contributed by atoms with Crippen molar-refractivity contribution in [2.24, 2.45) is 0 Å².